The van der Waals surface area contributed by atoms with Crippen LogP contribution in [0.5, 0.6) is 0 Å². The Bertz CT molecular complexity index is 345. The van der Waals surface area contributed by atoms with Gasteiger partial charge >= 0.3 is 5.69 Å². The number of hydrogen-bond acceptors (Lipinski definition) is 3. The molecule has 0 spiro atoms. The van der Waals surface area contributed by atoms with E-state index in [9.17, 15) is 18.9 Å². The van der Waals surface area contributed by atoms with E-state index >= 15 is 0 Å². The SMILES string of the molecule is O=[N+]([O-])c1cnc(C(F)F)cc1Br. The van der Waals surface area contributed by atoms with Crippen LogP contribution in [-0.2, 0) is 0 Å². The van der Waals surface area contributed by atoms with Gasteiger partial charge in [-0.05, 0) is 22.0 Å². The normalized spacial score (nSPS) is 10.5. The van der Waals surface area contributed by atoms with Gasteiger partial charge in [0.15, 0.2) is 0 Å². The first-order chi connectivity index (χ1) is 6.02. The van der Waals surface area contributed by atoms with Gasteiger partial charge in [0.25, 0.3) is 6.43 Å². The van der Waals surface area contributed by atoms with E-state index in [4.69, 9.17) is 0 Å². The Labute approximate surface area is 79.9 Å². The number of pyridine rings is 1. The maximum absolute atomic E-state index is 12.0. The molecule has 13 heavy (non-hydrogen) atoms. The molecule has 0 bridgehead atoms. The molecule has 0 amide bonds. The van der Waals surface area contributed by atoms with Gasteiger partial charge in [-0.1, -0.05) is 0 Å². The van der Waals surface area contributed by atoms with E-state index in [-0.39, 0.29) is 10.2 Å². The molecule has 0 aliphatic heterocycles. The van der Waals surface area contributed by atoms with Gasteiger partial charge in [0.05, 0.1) is 9.40 Å². The molecule has 70 valence electrons. The van der Waals surface area contributed by atoms with Gasteiger partial charge in [0.1, 0.15) is 11.9 Å². The van der Waals surface area contributed by atoms with Gasteiger partial charge in [-0.3, -0.25) is 10.1 Å². The molecule has 1 aromatic heterocycles. The van der Waals surface area contributed by atoms with Crippen molar-refractivity contribution in [3.63, 3.8) is 0 Å². The zero-order valence-electron chi connectivity index (χ0n) is 6.08. The minimum atomic E-state index is -2.72. The van der Waals surface area contributed by atoms with Crippen LogP contribution >= 0.6 is 15.9 Å². The van der Waals surface area contributed by atoms with E-state index in [2.05, 4.69) is 20.9 Å². The third kappa shape index (κ3) is 2.18. The molecule has 1 rings (SSSR count). The quantitative estimate of drug-likeness (QED) is 0.601. The van der Waals surface area contributed by atoms with Crippen LogP contribution in [0.1, 0.15) is 12.1 Å². The van der Waals surface area contributed by atoms with Crippen molar-refractivity contribution in [2.45, 2.75) is 6.43 Å². The van der Waals surface area contributed by atoms with Crippen LogP contribution < -0.4 is 0 Å². The predicted octanol–water partition coefficient (Wildman–Crippen LogP) is 2.69. The van der Waals surface area contributed by atoms with Crippen LogP contribution in [0.15, 0.2) is 16.7 Å². The highest BCUT2D eigenvalue weighted by molar-refractivity contribution is 9.10. The second-order valence-electron chi connectivity index (χ2n) is 2.12. The van der Waals surface area contributed by atoms with Crippen molar-refractivity contribution in [1.29, 1.82) is 0 Å². The number of hydrogen-bond donors (Lipinski definition) is 0. The van der Waals surface area contributed by atoms with Crippen molar-refractivity contribution in [3.05, 3.63) is 32.5 Å². The second-order valence-corrected chi connectivity index (χ2v) is 2.97. The molecule has 0 radical (unpaired) electrons. The van der Waals surface area contributed by atoms with Crippen molar-refractivity contribution in [1.82, 2.24) is 4.98 Å². The Balaban J connectivity index is 3.13. The lowest BCUT2D eigenvalue weighted by Crippen LogP contribution is -1.94. The smallest absolute Gasteiger partial charge is 0.258 e. The molecule has 1 aromatic rings. The second kappa shape index (κ2) is 3.73. The summed E-state index contributed by atoms with van der Waals surface area (Å²) in [6.07, 6.45) is -1.93. The summed E-state index contributed by atoms with van der Waals surface area (Å²) in [5.41, 5.74) is -0.818. The largest absolute Gasteiger partial charge is 0.301 e. The molecule has 0 saturated carbocycles. The first-order valence-corrected chi connectivity index (χ1v) is 3.89. The highest BCUT2D eigenvalue weighted by Gasteiger charge is 2.16. The summed E-state index contributed by atoms with van der Waals surface area (Å²) >= 11 is 2.80. The lowest BCUT2D eigenvalue weighted by atomic mass is 10.3. The molecule has 0 saturated heterocycles. The molecule has 0 atom stereocenters. The van der Waals surface area contributed by atoms with Crippen LogP contribution in [0.25, 0.3) is 0 Å². The van der Waals surface area contributed by atoms with Crippen LogP contribution in [-0.4, -0.2) is 9.91 Å². The van der Waals surface area contributed by atoms with Crippen LogP contribution in [0, 0.1) is 10.1 Å². The maximum atomic E-state index is 12.0. The van der Waals surface area contributed by atoms with Crippen LogP contribution in [0.2, 0.25) is 0 Å². The number of nitro groups is 1. The standard InChI is InChI=1S/C6H3BrF2N2O2/c7-3-1-4(6(8)9)10-2-5(3)11(12)13/h1-2,6H. The first-order valence-electron chi connectivity index (χ1n) is 3.10. The molecule has 0 aromatic carbocycles. The molecule has 0 aliphatic rings. The van der Waals surface area contributed by atoms with Gasteiger partial charge in [0, 0.05) is 0 Å². The topological polar surface area (TPSA) is 56.0 Å². The van der Waals surface area contributed by atoms with Gasteiger partial charge < -0.3 is 0 Å². The Morgan fingerprint density at radius 3 is 2.62 bits per heavy atom. The van der Waals surface area contributed by atoms with Gasteiger partial charge in [0.2, 0.25) is 0 Å². The summed E-state index contributed by atoms with van der Waals surface area (Å²) in [5, 5.41) is 10.3. The zero-order valence-corrected chi connectivity index (χ0v) is 7.66. The molecular weight excluding hydrogens is 250 g/mol. The summed E-state index contributed by atoms with van der Waals surface area (Å²) < 4.78 is 24.1. The Morgan fingerprint density at radius 2 is 2.23 bits per heavy atom. The van der Waals surface area contributed by atoms with Crippen molar-refractivity contribution in [3.8, 4) is 0 Å². The predicted molar refractivity (Wildman–Crippen MR) is 43.5 cm³/mol. The monoisotopic (exact) mass is 252 g/mol. The van der Waals surface area contributed by atoms with E-state index in [1.54, 1.807) is 0 Å². The number of aromatic nitrogens is 1. The number of nitrogens with zero attached hydrogens (tertiary/aromatic N) is 2. The number of halogens is 3. The van der Waals surface area contributed by atoms with E-state index < -0.39 is 17.0 Å². The van der Waals surface area contributed by atoms with E-state index in [1.807, 2.05) is 0 Å². The third-order valence-corrected chi connectivity index (χ3v) is 1.91. The Kier molecular flexibility index (Phi) is 2.86. The number of rotatable bonds is 2. The van der Waals surface area contributed by atoms with Crippen LogP contribution in [0.3, 0.4) is 0 Å². The summed E-state index contributed by atoms with van der Waals surface area (Å²) in [5.74, 6) is 0. The minimum absolute atomic E-state index is 0.00259. The van der Waals surface area contributed by atoms with Gasteiger partial charge in [-0.2, -0.15) is 0 Å². The highest BCUT2D eigenvalue weighted by atomic mass is 79.9. The molecule has 0 N–H and O–H groups in total. The zero-order chi connectivity index (χ0) is 10.0. The average molecular weight is 253 g/mol. The molecule has 0 fully saturated rings. The molecule has 0 unspecified atom stereocenters. The maximum Gasteiger partial charge on any atom is 0.301 e. The van der Waals surface area contributed by atoms with E-state index in [0.29, 0.717) is 0 Å². The lowest BCUT2D eigenvalue weighted by molar-refractivity contribution is -0.386. The third-order valence-electron chi connectivity index (χ3n) is 1.28. The van der Waals surface area contributed by atoms with E-state index in [1.165, 1.54) is 0 Å². The minimum Gasteiger partial charge on any atom is -0.258 e. The first kappa shape index (κ1) is 9.97. The van der Waals surface area contributed by atoms with Crippen molar-refractivity contribution >= 4 is 21.6 Å². The summed E-state index contributed by atoms with van der Waals surface area (Å²) in [6.45, 7) is 0. The summed E-state index contributed by atoms with van der Waals surface area (Å²) in [6, 6.07) is 0.933. The summed E-state index contributed by atoms with van der Waals surface area (Å²) in [7, 11) is 0. The van der Waals surface area contributed by atoms with E-state index in [0.717, 1.165) is 12.3 Å². The van der Waals surface area contributed by atoms with Crippen molar-refractivity contribution < 1.29 is 13.7 Å². The fourth-order valence-corrected chi connectivity index (χ4v) is 1.17. The van der Waals surface area contributed by atoms with Gasteiger partial charge in [-0.25, -0.2) is 13.8 Å². The fourth-order valence-electron chi connectivity index (χ4n) is 0.692. The Morgan fingerprint density at radius 1 is 1.62 bits per heavy atom. The number of alkyl halides is 2. The fraction of sp³-hybridized carbons (Fsp3) is 0.167. The average Bonchev–Trinajstić information content (AvgIpc) is 2.03. The Hall–Kier alpha value is -1.11. The van der Waals surface area contributed by atoms with Crippen molar-refractivity contribution in [2.75, 3.05) is 0 Å². The highest BCUT2D eigenvalue weighted by Crippen LogP contribution is 2.27. The molecular formula is C6H3BrF2N2O2. The molecule has 1 heterocycles. The van der Waals surface area contributed by atoms with Crippen molar-refractivity contribution in [2.24, 2.45) is 0 Å². The van der Waals surface area contributed by atoms with Crippen LogP contribution in [0.4, 0.5) is 14.5 Å². The van der Waals surface area contributed by atoms with Gasteiger partial charge in [-0.15, -0.1) is 0 Å². The molecule has 7 heteroatoms. The molecule has 4 nitrogen and oxygen atoms in total. The summed E-state index contributed by atoms with van der Waals surface area (Å²) in [4.78, 5) is 12.8. The molecule has 0 aliphatic carbocycles. The lowest BCUT2D eigenvalue weighted by Gasteiger charge is -1.99.